The highest BCUT2D eigenvalue weighted by atomic mass is 15.1. The van der Waals surface area contributed by atoms with E-state index in [0.29, 0.717) is 0 Å². The Morgan fingerprint density at radius 3 is 2.47 bits per heavy atom. The predicted molar refractivity (Wildman–Crippen MR) is 67.0 cm³/mol. The van der Waals surface area contributed by atoms with Gasteiger partial charge in [-0.25, -0.2) is 0 Å². The van der Waals surface area contributed by atoms with E-state index in [1.807, 2.05) is 0 Å². The minimum absolute atomic E-state index is 0.869. The first-order valence-corrected chi connectivity index (χ1v) is 6.79. The molecule has 0 radical (unpaired) electrons. The number of hydrogen-bond acceptors (Lipinski definition) is 2. The summed E-state index contributed by atoms with van der Waals surface area (Å²) in [4.78, 5) is 2.62. The molecule has 0 bridgehead atoms. The van der Waals surface area contributed by atoms with E-state index in [-0.39, 0.29) is 0 Å². The molecule has 1 unspecified atom stereocenters. The molecule has 0 aromatic rings. The molecule has 1 rings (SSSR count). The molecule has 2 heteroatoms. The summed E-state index contributed by atoms with van der Waals surface area (Å²) in [6, 6.07) is 0. The van der Waals surface area contributed by atoms with Crippen LogP contribution in [0.4, 0.5) is 0 Å². The third kappa shape index (κ3) is 5.53. The highest BCUT2D eigenvalue weighted by molar-refractivity contribution is 4.67. The van der Waals surface area contributed by atoms with Gasteiger partial charge in [0, 0.05) is 0 Å². The Morgan fingerprint density at radius 2 is 1.87 bits per heavy atom. The van der Waals surface area contributed by atoms with Crippen LogP contribution in [0.25, 0.3) is 0 Å². The fraction of sp³-hybridized carbons (Fsp3) is 1.00. The highest BCUT2D eigenvalue weighted by Gasteiger charge is 2.12. The Bertz CT molecular complexity index is 135. The zero-order chi connectivity index (χ0) is 10.9. The Kier molecular flexibility index (Phi) is 7.03. The van der Waals surface area contributed by atoms with Crippen molar-refractivity contribution in [2.24, 2.45) is 11.7 Å². The van der Waals surface area contributed by atoms with Gasteiger partial charge in [-0.15, -0.1) is 0 Å². The summed E-state index contributed by atoms with van der Waals surface area (Å²) in [6.07, 6.45) is 9.52. The van der Waals surface area contributed by atoms with Crippen molar-refractivity contribution in [3.63, 3.8) is 0 Å². The van der Waals surface area contributed by atoms with Crippen molar-refractivity contribution in [1.29, 1.82) is 0 Å². The summed E-state index contributed by atoms with van der Waals surface area (Å²) in [5.41, 5.74) is 5.64. The maximum atomic E-state index is 5.64. The van der Waals surface area contributed by atoms with Crippen molar-refractivity contribution in [1.82, 2.24) is 4.90 Å². The molecule has 2 N–H and O–H groups in total. The molecule has 15 heavy (non-hydrogen) atoms. The largest absolute Gasteiger partial charge is 0.330 e. The maximum Gasteiger partial charge on any atom is -0.00183 e. The minimum Gasteiger partial charge on any atom is -0.330 e. The Labute approximate surface area is 95.2 Å². The van der Waals surface area contributed by atoms with Gasteiger partial charge in [0.15, 0.2) is 0 Å². The van der Waals surface area contributed by atoms with Gasteiger partial charge in [0.05, 0.1) is 0 Å². The van der Waals surface area contributed by atoms with Crippen LogP contribution in [0, 0.1) is 5.92 Å². The molecule has 1 fully saturated rings. The van der Waals surface area contributed by atoms with Crippen LogP contribution in [0.3, 0.4) is 0 Å². The van der Waals surface area contributed by atoms with Gasteiger partial charge in [-0.3, -0.25) is 0 Å². The standard InChI is InChI=1S/C13H28N2/c1-2-6-13(8-9-14)7-5-12-15-10-3-4-11-15/h13H,2-12,14H2,1H3. The lowest BCUT2D eigenvalue weighted by Crippen LogP contribution is -2.21. The first kappa shape index (κ1) is 13.0. The summed E-state index contributed by atoms with van der Waals surface area (Å²) in [6.45, 7) is 7.16. The van der Waals surface area contributed by atoms with E-state index in [0.717, 1.165) is 12.5 Å². The second kappa shape index (κ2) is 8.12. The Hall–Kier alpha value is -0.0800. The first-order chi connectivity index (χ1) is 7.36. The van der Waals surface area contributed by atoms with Crippen molar-refractivity contribution in [2.45, 2.75) is 51.9 Å². The fourth-order valence-electron chi connectivity index (χ4n) is 2.69. The fourth-order valence-corrected chi connectivity index (χ4v) is 2.69. The molecule has 1 aliphatic rings. The van der Waals surface area contributed by atoms with Crippen molar-refractivity contribution in [3.8, 4) is 0 Å². The van der Waals surface area contributed by atoms with E-state index in [4.69, 9.17) is 5.73 Å². The van der Waals surface area contributed by atoms with E-state index in [9.17, 15) is 0 Å². The summed E-state index contributed by atoms with van der Waals surface area (Å²) in [7, 11) is 0. The average Bonchev–Trinajstić information content (AvgIpc) is 2.71. The van der Waals surface area contributed by atoms with E-state index >= 15 is 0 Å². The van der Waals surface area contributed by atoms with Gasteiger partial charge in [0.25, 0.3) is 0 Å². The predicted octanol–water partition coefficient (Wildman–Crippen LogP) is 2.63. The third-order valence-corrected chi connectivity index (χ3v) is 3.56. The molecule has 0 spiro atoms. The van der Waals surface area contributed by atoms with Gasteiger partial charge in [0.1, 0.15) is 0 Å². The van der Waals surface area contributed by atoms with E-state index in [1.54, 1.807) is 0 Å². The normalized spacial score (nSPS) is 19.6. The molecule has 1 heterocycles. The quantitative estimate of drug-likeness (QED) is 0.670. The van der Waals surface area contributed by atoms with Crippen LogP contribution in [0.1, 0.15) is 51.9 Å². The molecular weight excluding hydrogens is 184 g/mol. The number of nitrogens with zero attached hydrogens (tertiary/aromatic N) is 1. The minimum atomic E-state index is 0.869. The topological polar surface area (TPSA) is 29.3 Å². The summed E-state index contributed by atoms with van der Waals surface area (Å²) < 4.78 is 0. The smallest absolute Gasteiger partial charge is 0.00183 e. The van der Waals surface area contributed by atoms with E-state index < -0.39 is 0 Å². The highest BCUT2D eigenvalue weighted by Crippen LogP contribution is 2.18. The van der Waals surface area contributed by atoms with Crippen LogP contribution in [0.2, 0.25) is 0 Å². The Morgan fingerprint density at radius 1 is 1.13 bits per heavy atom. The van der Waals surface area contributed by atoms with Crippen LogP contribution in [-0.2, 0) is 0 Å². The molecule has 0 aromatic heterocycles. The molecule has 1 saturated heterocycles. The summed E-state index contributed by atoms with van der Waals surface area (Å²) >= 11 is 0. The molecule has 1 aliphatic heterocycles. The van der Waals surface area contributed by atoms with Crippen LogP contribution in [-0.4, -0.2) is 31.1 Å². The van der Waals surface area contributed by atoms with Gasteiger partial charge < -0.3 is 10.6 Å². The van der Waals surface area contributed by atoms with Crippen molar-refractivity contribution in [3.05, 3.63) is 0 Å². The second-order valence-corrected chi connectivity index (χ2v) is 4.92. The first-order valence-electron chi connectivity index (χ1n) is 6.79. The molecule has 90 valence electrons. The van der Waals surface area contributed by atoms with Gasteiger partial charge in [-0.05, 0) is 64.2 Å². The summed E-state index contributed by atoms with van der Waals surface area (Å²) in [5, 5.41) is 0. The lowest BCUT2D eigenvalue weighted by atomic mass is 9.94. The van der Waals surface area contributed by atoms with Gasteiger partial charge in [-0.2, -0.15) is 0 Å². The molecule has 1 atom stereocenters. The van der Waals surface area contributed by atoms with Crippen molar-refractivity contribution < 1.29 is 0 Å². The van der Waals surface area contributed by atoms with Crippen LogP contribution in [0.5, 0.6) is 0 Å². The SMILES string of the molecule is CCCC(CCN)CCCN1CCCC1. The zero-order valence-electron chi connectivity index (χ0n) is 10.4. The van der Waals surface area contributed by atoms with Crippen LogP contribution < -0.4 is 5.73 Å². The third-order valence-electron chi connectivity index (χ3n) is 3.56. The summed E-state index contributed by atoms with van der Waals surface area (Å²) in [5.74, 6) is 0.891. The van der Waals surface area contributed by atoms with Crippen molar-refractivity contribution in [2.75, 3.05) is 26.2 Å². The van der Waals surface area contributed by atoms with Crippen molar-refractivity contribution >= 4 is 0 Å². The van der Waals surface area contributed by atoms with Gasteiger partial charge in [0.2, 0.25) is 0 Å². The van der Waals surface area contributed by atoms with E-state index in [1.165, 1.54) is 64.6 Å². The maximum absolute atomic E-state index is 5.64. The lowest BCUT2D eigenvalue weighted by molar-refractivity contribution is 0.306. The van der Waals surface area contributed by atoms with Crippen LogP contribution >= 0.6 is 0 Å². The van der Waals surface area contributed by atoms with Gasteiger partial charge in [-0.1, -0.05) is 19.8 Å². The molecule has 0 aromatic carbocycles. The molecular formula is C13H28N2. The number of rotatable bonds is 8. The molecule has 2 nitrogen and oxygen atoms in total. The monoisotopic (exact) mass is 212 g/mol. The lowest BCUT2D eigenvalue weighted by Gasteiger charge is -2.18. The Balaban J connectivity index is 2.04. The molecule has 0 aliphatic carbocycles. The number of likely N-dealkylation sites (tertiary alicyclic amines) is 1. The molecule has 0 amide bonds. The average molecular weight is 212 g/mol. The second-order valence-electron chi connectivity index (χ2n) is 4.92. The van der Waals surface area contributed by atoms with Gasteiger partial charge >= 0.3 is 0 Å². The number of hydrogen-bond donors (Lipinski definition) is 1. The van der Waals surface area contributed by atoms with E-state index in [2.05, 4.69) is 11.8 Å². The number of nitrogens with two attached hydrogens (primary N) is 1. The molecule has 0 saturated carbocycles. The zero-order valence-corrected chi connectivity index (χ0v) is 10.4. The van der Waals surface area contributed by atoms with Crippen LogP contribution in [0.15, 0.2) is 0 Å².